The zero-order chi connectivity index (χ0) is 13.6. The van der Waals surface area contributed by atoms with Crippen molar-refractivity contribution in [2.75, 3.05) is 13.2 Å². The Labute approximate surface area is 110 Å². The Balaban J connectivity index is 2.77. The van der Waals surface area contributed by atoms with Crippen LogP contribution in [0.15, 0.2) is 18.2 Å². The van der Waals surface area contributed by atoms with Crippen LogP contribution in [0.2, 0.25) is 0 Å². The lowest BCUT2D eigenvalue weighted by molar-refractivity contribution is 0.218. The third kappa shape index (κ3) is 4.57. The molecule has 0 bridgehead atoms. The molecule has 1 N–H and O–H groups in total. The quantitative estimate of drug-likeness (QED) is 0.843. The van der Waals surface area contributed by atoms with Crippen molar-refractivity contribution >= 4 is 0 Å². The van der Waals surface area contributed by atoms with E-state index in [9.17, 15) is 5.11 Å². The molecule has 1 aromatic rings. The van der Waals surface area contributed by atoms with E-state index in [2.05, 4.69) is 20.8 Å². The summed E-state index contributed by atoms with van der Waals surface area (Å²) in [5.74, 6) is 1.38. The van der Waals surface area contributed by atoms with E-state index in [-0.39, 0.29) is 12.0 Å². The molecule has 102 valence electrons. The number of aliphatic hydroxyl groups excluding tert-OH is 1. The Morgan fingerprint density at radius 1 is 1.17 bits per heavy atom. The molecular weight excluding hydrogens is 228 g/mol. The van der Waals surface area contributed by atoms with Crippen molar-refractivity contribution in [2.45, 2.75) is 40.7 Å². The Hall–Kier alpha value is -1.22. The minimum atomic E-state index is -0.0359. The predicted molar refractivity (Wildman–Crippen MR) is 73.1 cm³/mol. The average molecular weight is 252 g/mol. The van der Waals surface area contributed by atoms with Gasteiger partial charge in [-0.3, -0.25) is 0 Å². The molecule has 0 radical (unpaired) electrons. The monoisotopic (exact) mass is 252 g/mol. The normalized spacial score (nSPS) is 11.4. The summed E-state index contributed by atoms with van der Waals surface area (Å²) in [7, 11) is 0. The van der Waals surface area contributed by atoms with Crippen LogP contribution < -0.4 is 9.47 Å². The van der Waals surface area contributed by atoms with Crippen molar-refractivity contribution in [1.82, 2.24) is 0 Å². The summed E-state index contributed by atoms with van der Waals surface area (Å²) in [4.78, 5) is 0. The average Bonchev–Trinajstić information content (AvgIpc) is 2.29. The van der Waals surface area contributed by atoms with Crippen molar-refractivity contribution in [3.05, 3.63) is 23.8 Å². The molecule has 18 heavy (non-hydrogen) atoms. The smallest absolute Gasteiger partial charge is 0.166 e. The van der Waals surface area contributed by atoms with E-state index in [4.69, 9.17) is 9.47 Å². The molecule has 0 spiro atoms. The third-order valence-electron chi connectivity index (χ3n) is 2.63. The van der Waals surface area contributed by atoms with Gasteiger partial charge in [0.05, 0.1) is 19.8 Å². The third-order valence-corrected chi connectivity index (χ3v) is 2.63. The highest BCUT2D eigenvalue weighted by Crippen LogP contribution is 2.32. The summed E-state index contributed by atoms with van der Waals surface area (Å²) in [6, 6.07) is 5.59. The minimum Gasteiger partial charge on any atom is -0.490 e. The number of para-hydroxylation sites is 1. The molecule has 0 heterocycles. The number of hydrogen-bond acceptors (Lipinski definition) is 3. The van der Waals surface area contributed by atoms with Gasteiger partial charge in [0.1, 0.15) is 0 Å². The summed E-state index contributed by atoms with van der Waals surface area (Å²) in [5, 5.41) is 9.33. The van der Waals surface area contributed by atoms with Gasteiger partial charge < -0.3 is 14.6 Å². The number of aliphatic hydroxyl groups is 1. The van der Waals surface area contributed by atoms with E-state index in [0.29, 0.717) is 24.7 Å². The molecule has 0 aliphatic heterocycles. The van der Waals surface area contributed by atoms with Crippen LogP contribution in [0, 0.1) is 5.41 Å². The van der Waals surface area contributed by atoms with Gasteiger partial charge in [-0.05, 0) is 24.8 Å². The SMILES string of the molecule is CCOc1cccc(CO)c1OCCC(C)(C)C. The van der Waals surface area contributed by atoms with Crippen molar-refractivity contribution in [2.24, 2.45) is 5.41 Å². The van der Waals surface area contributed by atoms with E-state index in [1.54, 1.807) is 0 Å². The van der Waals surface area contributed by atoms with Crippen molar-refractivity contribution < 1.29 is 14.6 Å². The van der Waals surface area contributed by atoms with Crippen molar-refractivity contribution in [3.8, 4) is 11.5 Å². The maximum atomic E-state index is 9.33. The van der Waals surface area contributed by atoms with Crippen molar-refractivity contribution in [1.29, 1.82) is 0 Å². The summed E-state index contributed by atoms with van der Waals surface area (Å²) in [6.45, 7) is 9.65. The topological polar surface area (TPSA) is 38.7 Å². The fourth-order valence-electron chi connectivity index (χ4n) is 1.58. The Morgan fingerprint density at radius 2 is 1.89 bits per heavy atom. The van der Waals surface area contributed by atoms with Crippen LogP contribution in [0.1, 0.15) is 39.7 Å². The molecular formula is C15H24O3. The molecule has 0 unspecified atom stereocenters. The van der Waals surface area contributed by atoms with Crippen LogP contribution in [0.5, 0.6) is 11.5 Å². The molecule has 0 fully saturated rings. The maximum absolute atomic E-state index is 9.33. The first-order valence-corrected chi connectivity index (χ1v) is 6.46. The largest absolute Gasteiger partial charge is 0.490 e. The standard InChI is InChI=1S/C15H24O3/c1-5-17-13-8-6-7-12(11-16)14(13)18-10-9-15(2,3)4/h6-8,16H,5,9-11H2,1-4H3. The number of ether oxygens (including phenoxy) is 2. The lowest BCUT2D eigenvalue weighted by Crippen LogP contribution is -2.12. The van der Waals surface area contributed by atoms with Gasteiger partial charge in [-0.1, -0.05) is 32.9 Å². The van der Waals surface area contributed by atoms with Gasteiger partial charge in [-0.2, -0.15) is 0 Å². The lowest BCUT2D eigenvalue weighted by Gasteiger charge is -2.20. The van der Waals surface area contributed by atoms with Gasteiger partial charge in [0.2, 0.25) is 0 Å². The zero-order valence-corrected chi connectivity index (χ0v) is 11.8. The van der Waals surface area contributed by atoms with Gasteiger partial charge in [-0.15, -0.1) is 0 Å². The summed E-state index contributed by atoms with van der Waals surface area (Å²) in [6.07, 6.45) is 0.957. The second-order valence-corrected chi connectivity index (χ2v) is 5.49. The first-order valence-electron chi connectivity index (χ1n) is 6.46. The highest BCUT2D eigenvalue weighted by atomic mass is 16.5. The van der Waals surface area contributed by atoms with Gasteiger partial charge in [0.25, 0.3) is 0 Å². The minimum absolute atomic E-state index is 0.0359. The van der Waals surface area contributed by atoms with Crippen LogP contribution in [-0.4, -0.2) is 18.3 Å². The fourth-order valence-corrected chi connectivity index (χ4v) is 1.58. The van der Waals surface area contributed by atoms with E-state index in [1.165, 1.54) is 0 Å². The molecule has 0 saturated carbocycles. The second kappa shape index (κ2) is 6.64. The number of benzene rings is 1. The second-order valence-electron chi connectivity index (χ2n) is 5.49. The molecule has 3 nitrogen and oxygen atoms in total. The molecule has 0 atom stereocenters. The Bertz CT molecular complexity index is 366. The molecule has 0 amide bonds. The van der Waals surface area contributed by atoms with Crippen LogP contribution in [0.3, 0.4) is 0 Å². The fraction of sp³-hybridized carbons (Fsp3) is 0.600. The van der Waals surface area contributed by atoms with E-state index >= 15 is 0 Å². The molecule has 0 aliphatic rings. The van der Waals surface area contributed by atoms with Crippen LogP contribution in [-0.2, 0) is 6.61 Å². The summed E-state index contributed by atoms with van der Waals surface area (Å²) >= 11 is 0. The zero-order valence-electron chi connectivity index (χ0n) is 11.8. The highest BCUT2D eigenvalue weighted by molar-refractivity contribution is 5.46. The number of hydrogen-bond donors (Lipinski definition) is 1. The van der Waals surface area contributed by atoms with Gasteiger partial charge in [-0.25, -0.2) is 0 Å². The first-order chi connectivity index (χ1) is 8.48. The Morgan fingerprint density at radius 3 is 2.44 bits per heavy atom. The number of rotatable bonds is 6. The molecule has 1 aromatic carbocycles. The molecule has 0 aromatic heterocycles. The van der Waals surface area contributed by atoms with E-state index in [0.717, 1.165) is 12.0 Å². The molecule has 0 saturated heterocycles. The molecule has 0 aliphatic carbocycles. The van der Waals surface area contributed by atoms with Gasteiger partial charge >= 0.3 is 0 Å². The first kappa shape index (κ1) is 14.8. The Kier molecular flexibility index (Phi) is 5.48. The molecule has 3 heteroatoms. The van der Waals surface area contributed by atoms with Crippen LogP contribution in [0.4, 0.5) is 0 Å². The summed E-state index contributed by atoms with van der Waals surface area (Å²) < 4.78 is 11.3. The van der Waals surface area contributed by atoms with E-state index in [1.807, 2.05) is 25.1 Å². The molecule has 1 rings (SSSR count). The van der Waals surface area contributed by atoms with Crippen LogP contribution in [0.25, 0.3) is 0 Å². The summed E-state index contributed by atoms with van der Waals surface area (Å²) in [5.41, 5.74) is 1.01. The van der Waals surface area contributed by atoms with Gasteiger partial charge in [0.15, 0.2) is 11.5 Å². The van der Waals surface area contributed by atoms with Gasteiger partial charge in [0, 0.05) is 5.56 Å². The maximum Gasteiger partial charge on any atom is 0.166 e. The lowest BCUT2D eigenvalue weighted by atomic mass is 9.93. The predicted octanol–water partition coefficient (Wildman–Crippen LogP) is 3.39. The highest BCUT2D eigenvalue weighted by Gasteiger charge is 2.13. The van der Waals surface area contributed by atoms with Crippen LogP contribution >= 0.6 is 0 Å². The van der Waals surface area contributed by atoms with E-state index < -0.39 is 0 Å². The van der Waals surface area contributed by atoms with Crippen molar-refractivity contribution in [3.63, 3.8) is 0 Å².